The Morgan fingerprint density at radius 1 is 1.46 bits per heavy atom. The molecule has 1 amide bonds. The quantitative estimate of drug-likeness (QED) is 0.670. The molecule has 1 fully saturated rings. The highest BCUT2D eigenvalue weighted by atomic mass is 32.2. The Balaban J connectivity index is 2.16. The number of aryl methyl sites for hydroxylation is 1. The van der Waals surface area contributed by atoms with Crippen LogP contribution in [-0.4, -0.2) is 58.3 Å². The van der Waals surface area contributed by atoms with Gasteiger partial charge in [-0.1, -0.05) is 6.08 Å². The fraction of sp³-hybridized carbons (Fsp3) is 0.500. The van der Waals surface area contributed by atoms with Crippen molar-refractivity contribution >= 4 is 21.6 Å². The van der Waals surface area contributed by atoms with Gasteiger partial charge in [0, 0.05) is 19.1 Å². The standard InChI is InChI=1S/C18H27N3O4S/c1-5-8-21-9-6-7-14(21)12-19-18(22)15-11-16(20-26(4,23)24)13(2)10-17(15)25-3/h5,10-11,14,20H,1,6-9,12H2,2-4H3,(H,19,22). The van der Waals surface area contributed by atoms with Crippen LogP contribution in [0.15, 0.2) is 24.8 Å². The van der Waals surface area contributed by atoms with E-state index in [9.17, 15) is 13.2 Å². The third kappa shape index (κ3) is 5.22. The summed E-state index contributed by atoms with van der Waals surface area (Å²) in [6.45, 7) is 7.85. The number of ether oxygens (including phenoxy) is 1. The van der Waals surface area contributed by atoms with E-state index in [1.165, 1.54) is 13.2 Å². The molecule has 1 saturated heterocycles. The molecule has 144 valence electrons. The van der Waals surface area contributed by atoms with Gasteiger partial charge in [0.15, 0.2) is 0 Å². The SMILES string of the molecule is C=CCN1CCCC1CNC(=O)c1cc(NS(C)(=O)=O)c(C)cc1OC. The maximum atomic E-state index is 12.7. The van der Waals surface area contributed by atoms with E-state index in [2.05, 4.69) is 21.5 Å². The van der Waals surface area contributed by atoms with Crippen LogP contribution in [-0.2, 0) is 10.0 Å². The topological polar surface area (TPSA) is 87.7 Å². The van der Waals surface area contributed by atoms with Gasteiger partial charge in [-0.2, -0.15) is 0 Å². The predicted molar refractivity (Wildman–Crippen MR) is 103 cm³/mol. The second-order valence-corrected chi connectivity index (χ2v) is 8.28. The van der Waals surface area contributed by atoms with Gasteiger partial charge < -0.3 is 10.1 Å². The second kappa shape index (κ2) is 8.55. The third-order valence-corrected chi connectivity index (χ3v) is 5.04. The summed E-state index contributed by atoms with van der Waals surface area (Å²) in [4.78, 5) is 15.0. The molecule has 1 aliphatic heterocycles. The Kier molecular flexibility index (Phi) is 6.66. The van der Waals surface area contributed by atoms with Crippen molar-refractivity contribution in [1.82, 2.24) is 10.2 Å². The summed E-state index contributed by atoms with van der Waals surface area (Å²) in [6, 6.07) is 3.45. The van der Waals surface area contributed by atoms with E-state index in [4.69, 9.17) is 4.74 Å². The van der Waals surface area contributed by atoms with E-state index < -0.39 is 10.0 Å². The molecule has 1 heterocycles. The zero-order valence-electron chi connectivity index (χ0n) is 15.5. The lowest BCUT2D eigenvalue weighted by atomic mass is 10.1. The summed E-state index contributed by atoms with van der Waals surface area (Å²) < 4.78 is 30.8. The van der Waals surface area contributed by atoms with E-state index in [0.29, 0.717) is 29.1 Å². The van der Waals surface area contributed by atoms with Crippen LogP contribution >= 0.6 is 0 Å². The number of hydrogen-bond acceptors (Lipinski definition) is 5. The molecule has 7 nitrogen and oxygen atoms in total. The van der Waals surface area contributed by atoms with Gasteiger partial charge in [-0.25, -0.2) is 8.42 Å². The van der Waals surface area contributed by atoms with Gasteiger partial charge in [0.05, 0.1) is 24.6 Å². The van der Waals surface area contributed by atoms with Crippen LogP contribution in [0.3, 0.4) is 0 Å². The number of likely N-dealkylation sites (tertiary alicyclic amines) is 1. The van der Waals surface area contributed by atoms with E-state index in [1.807, 2.05) is 6.08 Å². The first-order valence-corrected chi connectivity index (χ1v) is 10.4. The van der Waals surface area contributed by atoms with E-state index in [-0.39, 0.29) is 11.9 Å². The fourth-order valence-electron chi connectivity index (χ4n) is 3.18. The summed E-state index contributed by atoms with van der Waals surface area (Å²) in [5.41, 5.74) is 1.35. The van der Waals surface area contributed by atoms with Crippen LogP contribution in [0.5, 0.6) is 5.75 Å². The Morgan fingerprint density at radius 2 is 2.19 bits per heavy atom. The molecule has 0 saturated carbocycles. The number of methoxy groups -OCH3 is 1. The number of amides is 1. The number of nitrogens with one attached hydrogen (secondary N) is 2. The largest absolute Gasteiger partial charge is 0.496 e. The Bertz CT molecular complexity index is 777. The molecule has 0 bridgehead atoms. The lowest BCUT2D eigenvalue weighted by molar-refractivity contribution is 0.0939. The number of carbonyl (C=O) groups excluding carboxylic acids is 1. The average Bonchev–Trinajstić information content (AvgIpc) is 3.00. The van der Waals surface area contributed by atoms with Crippen LogP contribution < -0.4 is 14.8 Å². The number of sulfonamides is 1. The average molecular weight is 381 g/mol. The molecule has 1 atom stereocenters. The molecule has 26 heavy (non-hydrogen) atoms. The van der Waals surface area contributed by atoms with Crippen LogP contribution in [0.1, 0.15) is 28.8 Å². The maximum Gasteiger partial charge on any atom is 0.255 e. The van der Waals surface area contributed by atoms with Crippen molar-refractivity contribution in [2.75, 3.05) is 37.7 Å². The minimum Gasteiger partial charge on any atom is -0.496 e. The molecular weight excluding hydrogens is 354 g/mol. The molecule has 1 aliphatic rings. The molecule has 8 heteroatoms. The molecule has 1 aromatic carbocycles. The predicted octanol–water partition coefficient (Wildman–Crippen LogP) is 1.76. The molecule has 1 unspecified atom stereocenters. The van der Waals surface area contributed by atoms with Gasteiger partial charge in [-0.15, -0.1) is 6.58 Å². The molecule has 1 aromatic rings. The van der Waals surface area contributed by atoms with Crippen molar-refractivity contribution in [3.63, 3.8) is 0 Å². The molecular formula is C18H27N3O4S. The van der Waals surface area contributed by atoms with Crippen LogP contribution in [0.2, 0.25) is 0 Å². The van der Waals surface area contributed by atoms with Gasteiger partial charge in [0.25, 0.3) is 5.91 Å². The number of benzene rings is 1. The number of rotatable bonds is 8. The smallest absolute Gasteiger partial charge is 0.255 e. The van der Waals surface area contributed by atoms with Gasteiger partial charge in [-0.05, 0) is 44.0 Å². The minimum absolute atomic E-state index is 0.280. The fourth-order valence-corrected chi connectivity index (χ4v) is 3.80. The van der Waals surface area contributed by atoms with Gasteiger partial charge in [0.1, 0.15) is 5.75 Å². The highest BCUT2D eigenvalue weighted by Gasteiger charge is 2.24. The van der Waals surface area contributed by atoms with Gasteiger partial charge in [-0.3, -0.25) is 14.4 Å². The zero-order valence-corrected chi connectivity index (χ0v) is 16.4. The van der Waals surface area contributed by atoms with Gasteiger partial charge >= 0.3 is 0 Å². The highest BCUT2D eigenvalue weighted by Crippen LogP contribution is 2.27. The van der Waals surface area contributed by atoms with Crippen molar-refractivity contribution in [3.8, 4) is 5.75 Å². The molecule has 0 spiro atoms. The molecule has 0 radical (unpaired) electrons. The molecule has 0 aliphatic carbocycles. The van der Waals surface area contributed by atoms with Gasteiger partial charge in [0.2, 0.25) is 10.0 Å². The Morgan fingerprint density at radius 3 is 2.81 bits per heavy atom. The zero-order chi connectivity index (χ0) is 19.3. The van der Waals surface area contributed by atoms with E-state index in [0.717, 1.165) is 32.2 Å². The first kappa shape index (κ1) is 20.3. The van der Waals surface area contributed by atoms with Crippen LogP contribution in [0.4, 0.5) is 5.69 Å². The maximum absolute atomic E-state index is 12.7. The monoisotopic (exact) mass is 381 g/mol. The molecule has 0 aromatic heterocycles. The highest BCUT2D eigenvalue weighted by molar-refractivity contribution is 7.92. The van der Waals surface area contributed by atoms with Crippen molar-refractivity contribution in [2.24, 2.45) is 0 Å². The van der Waals surface area contributed by atoms with E-state index >= 15 is 0 Å². The molecule has 2 rings (SSSR count). The summed E-state index contributed by atoms with van der Waals surface area (Å²) >= 11 is 0. The molecule has 2 N–H and O–H groups in total. The van der Waals surface area contributed by atoms with Crippen molar-refractivity contribution in [2.45, 2.75) is 25.8 Å². The van der Waals surface area contributed by atoms with Crippen LogP contribution in [0.25, 0.3) is 0 Å². The van der Waals surface area contributed by atoms with Crippen molar-refractivity contribution in [1.29, 1.82) is 0 Å². The minimum atomic E-state index is -3.44. The summed E-state index contributed by atoms with van der Waals surface area (Å²) in [5, 5.41) is 2.94. The Labute approximate surface area is 155 Å². The lowest BCUT2D eigenvalue weighted by Crippen LogP contribution is -2.40. The number of nitrogens with zero attached hydrogens (tertiary/aromatic N) is 1. The summed E-state index contributed by atoms with van der Waals surface area (Å²) in [6.07, 6.45) is 5.07. The number of anilines is 1. The summed E-state index contributed by atoms with van der Waals surface area (Å²) in [5.74, 6) is 0.122. The van der Waals surface area contributed by atoms with Crippen molar-refractivity contribution < 1.29 is 17.9 Å². The number of carbonyl (C=O) groups is 1. The Hall–Kier alpha value is -2.06. The second-order valence-electron chi connectivity index (χ2n) is 6.53. The third-order valence-electron chi connectivity index (χ3n) is 4.45. The first-order valence-electron chi connectivity index (χ1n) is 8.54. The summed E-state index contributed by atoms with van der Waals surface area (Å²) in [7, 11) is -1.96. The number of hydrogen-bond donors (Lipinski definition) is 2. The van der Waals surface area contributed by atoms with Crippen molar-refractivity contribution in [3.05, 3.63) is 35.9 Å². The van der Waals surface area contributed by atoms with Crippen LogP contribution in [0, 0.1) is 6.92 Å². The van der Waals surface area contributed by atoms with E-state index in [1.54, 1.807) is 13.0 Å². The lowest BCUT2D eigenvalue weighted by Gasteiger charge is -2.23. The normalized spacial score (nSPS) is 17.7. The first-order chi connectivity index (χ1) is 12.2.